The van der Waals surface area contributed by atoms with Gasteiger partial charge < -0.3 is 36.3 Å². The van der Waals surface area contributed by atoms with Crippen LogP contribution in [0.3, 0.4) is 0 Å². The Hall–Kier alpha value is 1.02. The molecule has 0 rings (SSSR count). The first-order chi connectivity index (χ1) is 1.91. The van der Waals surface area contributed by atoms with E-state index in [9.17, 15) is 0 Å². The Labute approximate surface area is 66.7 Å². The summed E-state index contributed by atoms with van der Waals surface area (Å²) in [6.45, 7) is 1.19. The Morgan fingerprint density at radius 2 is 1.00 bits per heavy atom. The third-order valence-electron chi connectivity index (χ3n) is 0.167. The molecule has 0 fully saturated rings. The maximum absolute atomic E-state index is 4.90. The first-order valence-corrected chi connectivity index (χ1v) is 1.32. The normalized spacial score (nSPS) is 4.29. The van der Waals surface area contributed by atoms with Crippen LogP contribution in [0.2, 0.25) is 0 Å². The summed E-state index contributed by atoms with van der Waals surface area (Å²) >= 11 is 0. The van der Waals surface area contributed by atoms with Crippen molar-refractivity contribution in [3.05, 3.63) is 0 Å². The Morgan fingerprint density at radius 1 is 0.857 bits per heavy atom. The summed E-state index contributed by atoms with van der Waals surface area (Å²) in [7, 11) is 0. The molecule has 0 bridgehead atoms. The van der Waals surface area contributed by atoms with Gasteiger partial charge in [0.05, 0.1) is 0 Å². The molecule has 0 unspecified atom stereocenters. The summed E-state index contributed by atoms with van der Waals surface area (Å²) in [6.07, 6.45) is 0. The topological polar surface area (TPSA) is 52.0 Å². The van der Waals surface area contributed by atoms with Crippen LogP contribution in [0.5, 0.6) is 0 Å². The average molecular weight is 187 g/mol. The zero-order chi connectivity index (χ0) is 3.41. The molecule has 0 aliphatic rings. The fraction of sp³-hybridized carbons (Fsp3) is 1.00. The van der Waals surface area contributed by atoms with Gasteiger partial charge in [0.1, 0.15) is 0 Å². The smallest absolute Gasteiger partial charge is 1.00 e. The van der Waals surface area contributed by atoms with Gasteiger partial charge in [0.25, 0.3) is 0 Å². The molecule has 0 aliphatic carbocycles. The largest absolute Gasteiger partial charge is 2.00 e. The van der Waals surface area contributed by atoms with E-state index < -0.39 is 0 Å². The van der Waals surface area contributed by atoms with Gasteiger partial charge in [-0.1, -0.05) is 0 Å². The van der Waals surface area contributed by atoms with Gasteiger partial charge in [-0.15, -0.1) is 0 Å². The molecular formula is C2H8Cl2FeN2. The van der Waals surface area contributed by atoms with Crippen molar-refractivity contribution in [2.75, 3.05) is 13.1 Å². The molecule has 4 N–H and O–H groups in total. The molecule has 0 heterocycles. The van der Waals surface area contributed by atoms with Gasteiger partial charge in [0, 0.05) is 13.1 Å². The number of hydrogen-bond acceptors (Lipinski definition) is 2. The predicted molar refractivity (Wildman–Crippen MR) is 18.1 cm³/mol. The predicted octanol–water partition coefficient (Wildman–Crippen LogP) is -7.09. The Morgan fingerprint density at radius 3 is 1.00 bits per heavy atom. The van der Waals surface area contributed by atoms with Crippen LogP contribution in [0.4, 0.5) is 0 Å². The van der Waals surface area contributed by atoms with Crippen molar-refractivity contribution in [2.45, 2.75) is 0 Å². The third kappa shape index (κ3) is 43.4. The summed E-state index contributed by atoms with van der Waals surface area (Å²) < 4.78 is 0. The van der Waals surface area contributed by atoms with Gasteiger partial charge in [-0.05, 0) is 0 Å². The maximum atomic E-state index is 4.90. The second kappa shape index (κ2) is 27.9. The molecule has 0 atom stereocenters. The summed E-state index contributed by atoms with van der Waals surface area (Å²) in [4.78, 5) is 0. The van der Waals surface area contributed by atoms with Crippen molar-refractivity contribution in [1.82, 2.24) is 0 Å². The van der Waals surface area contributed by atoms with Crippen molar-refractivity contribution in [1.29, 1.82) is 0 Å². The second-order valence-electron chi connectivity index (χ2n) is 0.577. The molecule has 0 spiro atoms. The third-order valence-corrected chi connectivity index (χ3v) is 0.167. The number of nitrogens with two attached hydrogens (primary N) is 2. The van der Waals surface area contributed by atoms with Crippen LogP contribution in [-0.4, -0.2) is 13.1 Å². The second-order valence-corrected chi connectivity index (χ2v) is 0.577. The minimum atomic E-state index is 0. The first-order valence-electron chi connectivity index (χ1n) is 1.32. The standard InChI is InChI=1S/C2H8N2.2ClH.Fe/c3-1-2-4;;;/h1-4H2;2*1H;/q;;;+2/p-2. The molecule has 0 aromatic rings. The van der Waals surface area contributed by atoms with Gasteiger partial charge in [-0.25, -0.2) is 0 Å². The zero-order valence-electron chi connectivity index (χ0n) is 3.68. The Balaban J connectivity index is -0.0000000150. The fourth-order valence-corrected chi connectivity index (χ4v) is 0. The van der Waals surface area contributed by atoms with Crippen molar-refractivity contribution in [2.24, 2.45) is 11.5 Å². The molecule has 0 aromatic heterocycles. The molecule has 0 saturated carbocycles. The van der Waals surface area contributed by atoms with Crippen LogP contribution >= 0.6 is 0 Å². The molecule has 0 radical (unpaired) electrons. The van der Waals surface area contributed by atoms with Crippen LogP contribution in [-0.2, 0) is 17.1 Å². The first kappa shape index (κ1) is 24.5. The van der Waals surface area contributed by atoms with Gasteiger partial charge >= 0.3 is 17.1 Å². The van der Waals surface area contributed by atoms with Gasteiger partial charge in [-0.3, -0.25) is 0 Å². The molecule has 7 heavy (non-hydrogen) atoms. The van der Waals surface area contributed by atoms with E-state index in [2.05, 4.69) is 0 Å². The minimum absolute atomic E-state index is 0. The molecule has 0 amide bonds. The maximum Gasteiger partial charge on any atom is 2.00 e. The summed E-state index contributed by atoms with van der Waals surface area (Å²) in [6, 6.07) is 0. The van der Waals surface area contributed by atoms with E-state index in [1.807, 2.05) is 0 Å². The molecule has 0 aliphatic heterocycles. The average Bonchev–Trinajstić information content (AvgIpc) is 1.37. The number of halogens is 2. The molecule has 2 nitrogen and oxygen atoms in total. The van der Waals surface area contributed by atoms with Crippen LogP contribution in [0, 0.1) is 0 Å². The van der Waals surface area contributed by atoms with Crippen LogP contribution in [0.15, 0.2) is 0 Å². The van der Waals surface area contributed by atoms with E-state index in [1.165, 1.54) is 0 Å². The van der Waals surface area contributed by atoms with Crippen molar-refractivity contribution in [3.8, 4) is 0 Å². The molecule has 0 saturated heterocycles. The van der Waals surface area contributed by atoms with Crippen molar-refractivity contribution in [3.63, 3.8) is 0 Å². The van der Waals surface area contributed by atoms with E-state index in [0.717, 1.165) is 0 Å². The van der Waals surface area contributed by atoms with E-state index in [4.69, 9.17) is 11.5 Å². The quantitative estimate of drug-likeness (QED) is 0.400. The SMILES string of the molecule is NCCN.[Cl-].[Cl-].[Fe+2]. The van der Waals surface area contributed by atoms with Gasteiger partial charge in [0.15, 0.2) is 0 Å². The summed E-state index contributed by atoms with van der Waals surface area (Å²) in [5, 5.41) is 0. The zero-order valence-corrected chi connectivity index (χ0v) is 6.29. The Bertz CT molecular complexity index is 15.7. The molecule has 48 valence electrons. The monoisotopic (exact) mass is 186 g/mol. The van der Waals surface area contributed by atoms with Crippen LogP contribution in [0.1, 0.15) is 0 Å². The van der Waals surface area contributed by atoms with Crippen molar-refractivity contribution >= 4 is 0 Å². The minimum Gasteiger partial charge on any atom is -1.00 e. The molecule has 0 aromatic carbocycles. The van der Waals surface area contributed by atoms with Gasteiger partial charge in [0.2, 0.25) is 0 Å². The van der Waals surface area contributed by atoms with Crippen molar-refractivity contribution < 1.29 is 41.9 Å². The number of rotatable bonds is 1. The van der Waals surface area contributed by atoms with Crippen LogP contribution in [0.25, 0.3) is 0 Å². The van der Waals surface area contributed by atoms with E-state index in [-0.39, 0.29) is 41.9 Å². The van der Waals surface area contributed by atoms with E-state index >= 15 is 0 Å². The summed E-state index contributed by atoms with van der Waals surface area (Å²) in [5.41, 5.74) is 9.81. The summed E-state index contributed by atoms with van der Waals surface area (Å²) in [5.74, 6) is 0. The van der Waals surface area contributed by atoms with E-state index in [1.54, 1.807) is 0 Å². The van der Waals surface area contributed by atoms with Crippen LogP contribution < -0.4 is 36.3 Å². The van der Waals surface area contributed by atoms with Gasteiger partial charge in [-0.2, -0.15) is 0 Å². The molecular weight excluding hydrogens is 179 g/mol. The Kier molecular flexibility index (Phi) is 97.5. The fourth-order valence-electron chi connectivity index (χ4n) is 0. The molecule has 5 heteroatoms. The number of hydrogen-bond donors (Lipinski definition) is 2. The van der Waals surface area contributed by atoms with E-state index in [0.29, 0.717) is 13.1 Å².